The lowest BCUT2D eigenvalue weighted by Gasteiger charge is -1.98. The van der Waals surface area contributed by atoms with Gasteiger partial charge in [-0.1, -0.05) is 18.2 Å². The third-order valence-electron chi connectivity index (χ3n) is 2.76. The Balaban J connectivity index is 2.22. The number of rotatable bonds is 1. The van der Waals surface area contributed by atoms with Crippen LogP contribution in [0, 0.1) is 13.8 Å². The molecule has 0 amide bonds. The van der Waals surface area contributed by atoms with Crippen molar-refractivity contribution in [3.8, 4) is 11.5 Å². The molecule has 0 fully saturated rings. The molecule has 2 aromatic heterocycles. The van der Waals surface area contributed by atoms with E-state index in [9.17, 15) is 0 Å². The van der Waals surface area contributed by atoms with E-state index in [1.807, 2.05) is 44.2 Å². The molecule has 3 heteroatoms. The molecular weight excluding hydrogens is 212 g/mol. The summed E-state index contributed by atoms with van der Waals surface area (Å²) in [4.78, 5) is 8.70. The summed E-state index contributed by atoms with van der Waals surface area (Å²) in [6.45, 7) is 4.04. The molecule has 0 aliphatic carbocycles. The molecule has 2 heterocycles. The SMILES string of the molecule is Cc1cnc2oc(-c3ccccc3C)nc2c1. The lowest BCUT2D eigenvalue weighted by Crippen LogP contribution is -1.81. The fraction of sp³-hybridized carbons (Fsp3) is 0.143. The minimum atomic E-state index is 0.592. The summed E-state index contributed by atoms with van der Waals surface area (Å²) < 4.78 is 5.67. The van der Waals surface area contributed by atoms with Crippen molar-refractivity contribution in [3.63, 3.8) is 0 Å². The molecule has 0 atom stereocenters. The van der Waals surface area contributed by atoms with E-state index in [-0.39, 0.29) is 0 Å². The highest BCUT2D eigenvalue weighted by Crippen LogP contribution is 2.25. The zero-order valence-electron chi connectivity index (χ0n) is 9.77. The maximum absolute atomic E-state index is 5.67. The Labute approximate surface area is 99.1 Å². The van der Waals surface area contributed by atoms with Crippen molar-refractivity contribution in [1.29, 1.82) is 0 Å². The minimum absolute atomic E-state index is 0.592. The van der Waals surface area contributed by atoms with Gasteiger partial charge in [0.1, 0.15) is 5.52 Å². The molecule has 0 unspecified atom stereocenters. The fourth-order valence-corrected chi connectivity index (χ4v) is 1.85. The fourth-order valence-electron chi connectivity index (χ4n) is 1.85. The second kappa shape index (κ2) is 3.70. The molecule has 0 saturated carbocycles. The number of hydrogen-bond acceptors (Lipinski definition) is 3. The molecule has 3 aromatic rings. The number of hydrogen-bond donors (Lipinski definition) is 0. The molecular formula is C14H12N2O. The predicted octanol–water partition coefficient (Wildman–Crippen LogP) is 3.51. The lowest BCUT2D eigenvalue weighted by molar-refractivity contribution is 0.607. The van der Waals surface area contributed by atoms with Crippen molar-refractivity contribution >= 4 is 11.2 Å². The number of benzene rings is 1. The van der Waals surface area contributed by atoms with Crippen molar-refractivity contribution in [2.75, 3.05) is 0 Å². The van der Waals surface area contributed by atoms with Crippen LogP contribution < -0.4 is 0 Å². The van der Waals surface area contributed by atoms with Crippen LogP contribution in [0.3, 0.4) is 0 Å². The minimum Gasteiger partial charge on any atom is -0.418 e. The Kier molecular flexibility index (Phi) is 2.18. The molecule has 0 spiro atoms. The van der Waals surface area contributed by atoms with E-state index in [4.69, 9.17) is 4.42 Å². The zero-order chi connectivity index (χ0) is 11.8. The summed E-state index contributed by atoms with van der Waals surface area (Å²) >= 11 is 0. The van der Waals surface area contributed by atoms with Crippen molar-refractivity contribution in [3.05, 3.63) is 47.7 Å². The van der Waals surface area contributed by atoms with Gasteiger partial charge in [0.15, 0.2) is 0 Å². The van der Waals surface area contributed by atoms with Gasteiger partial charge < -0.3 is 4.42 Å². The summed E-state index contributed by atoms with van der Waals surface area (Å²) in [7, 11) is 0. The van der Waals surface area contributed by atoms with Crippen LogP contribution in [0.1, 0.15) is 11.1 Å². The quantitative estimate of drug-likeness (QED) is 0.635. The van der Waals surface area contributed by atoms with E-state index < -0.39 is 0 Å². The second-order valence-electron chi connectivity index (χ2n) is 4.17. The summed E-state index contributed by atoms with van der Waals surface area (Å²) in [5.74, 6) is 0.635. The largest absolute Gasteiger partial charge is 0.418 e. The normalized spacial score (nSPS) is 10.9. The van der Waals surface area contributed by atoms with E-state index >= 15 is 0 Å². The van der Waals surface area contributed by atoms with Crippen LogP contribution in [-0.2, 0) is 0 Å². The highest BCUT2D eigenvalue weighted by Gasteiger charge is 2.10. The van der Waals surface area contributed by atoms with Gasteiger partial charge in [-0.2, -0.15) is 0 Å². The highest BCUT2D eigenvalue weighted by molar-refractivity contribution is 5.73. The van der Waals surface area contributed by atoms with Crippen molar-refractivity contribution in [2.24, 2.45) is 0 Å². The van der Waals surface area contributed by atoms with Gasteiger partial charge in [-0.05, 0) is 37.1 Å². The third-order valence-corrected chi connectivity index (χ3v) is 2.76. The summed E-state index contributed by atoms with van der Waals surface area (Å²) in [5, 5.41) is 0. The number of oxazole rings is 1. The number of aryl methyl sites for hydroxylation is 2. The first-order chi connectivity index (χ1) is 8.24. The van der Waals surface area contributed by atoms with Crippen LogP contribution in [0.2, 0.25) is 0 Å². The van der Waals surface area contributed by atoms with Crippen LogP contribution in [0.15, 0.2) is 40.9 Å². The average Bonchev–Trinajstić information content (AvgIpc) is 2.72. The molecule has 0 aliphatic heterocycles. The molecule has 0 aliphatic rings. The first-order valence-electron chi connectivity index (χ1n) is 5.53. The standard InChI is InChI=1S/C14H12N2O/c1-9-7-12-14(15-8-9)17-13(16-12)11-6-4-3-5-10(11)2/h3-8H,1-2H3. The van der Waals surface area contributed by atoms with Crippen molar-refractivity contribution in [1.82, 2.24) is 9.97 Å². The maximum Gasteiger partial charge on any atom is 0.247 e. The van der Waals surface area contributed by atoms with Crippen LogP contribution in [0.4, 0.5) is 0 Å². The third kappa shape index (κ3) is 1.69. The maximum atomic E-state index is 5.67. The highest BCUT2D eigenvalue weighted by atomic mass is 16.4. The molecule has 3 rings (SSSR count). The Bertz CT molecular complexity index is 686. The molecule has 0 radical (unpaired) electrons. The predicted molar refractivity (Wildman–Crippen MR) is 66.7 cm³/mol. The second-order valence-corrected chi connectivity index (χ2v) is 4.17. The molecule has 0 bridgehead atoms. The molecule has 0 saturated heterocycles. The topological polar surface area (TPSA) is 38.9 Å². The van der Waals surface area contributed by atoms with Gasteiger partial charge in [0.2, 0.25) is 11.6 Å². The van der Waals surface area contributed by atoms with Crippen molar-refractivity contribution < 1.29 is 4.42 Å². The van der Waals surface area contributed by atoms with Crippen LogP contribution in [0.25, 0.3) is 22.7 Å². The van der Waals surface area contributed by atoms with Crippen molar-refractivity contribution in [2.45, 2.75) is 13.8 Å². The van der Waals surface area contributed by atoms with E-state index in [1.165, 1.54) is 0 Å². The van der Waals surface area contributed by atoms with Gasteiger partial charge in [-0.25, -0.2) is 9.97 Å². The Morgan fingerprint density at radius 3 is 2.76 bits per heavy atom. The molecule has 3 nitrogen and oxygen atoms in total. The Hall–Kier alpha value is -2.16. The first kappa shape index (κ1) is 10.0. The molecule has 84 valence electrons. The smallest absolute Gasteiger partial charge is 0.247 e. The van der Waals surface area contributed by atoms with Crippen LogP contribution >= 0.6 is 0 Å². The van der Waals surface area contributed by atoms with E-state index in [0.29, 0.717) is 11.6 Å². The number of pyridine rings is 1. The van der Waals surface area contributed by atoms with Gasteiger partial charge >= 0.3 is 0 Å². The average molecular weight is 224 g/mol. The monoisotopic (exact) mass is 224 g/mol. The lowest BCUT2D eigenvalue weighted by atomic mass is 10.1. The summed E-state index contributed by atoms with van der Waals surface area (Å²) in [5.41, 5.74) is 4.65. The van der Waals surface area contributed by atoms with Crippen LogP contribution in [0.5, 0.6) is 0 Å². The van der Waals surface area contributed by atoms with Gasteiger partial charge in [-0.3, -0.25) is 0 Å². The van der Waals surface area contributed by atoms with Gasteiger partial charge in [0.25, 0.3) is 0 Å². The zero-order valence-corrected chi connectivity index (χ0v) is 9.77. The number of nitrogens with zero attached hydrogens (tertiary/aromatic N) is 2. The Morgan fingerprint density at radius 2 is 1.94 bits per heavy atom. The van der Waals surface area contributed by atoms with E-state index in [0.717, 1.165) is 22.2 Å². The number of aromatic nitrogens is 2. The van der Waals surface area contributed by atoms with Crippen LogP contribution in [-0.4, -0.2) is 9.97 Å². The number of fused-ring (bicyclic) bond motifs is 1. The first-order valence-corrected chi connectivity index (χ1v) is 5.53. The van der Waals surface area contributed by atoms with E-state index in [1.54, 1.807) is 6.20 Å². The molecule has 1 aromatic carbocycles. The molecule has 17 heavy (non-hydrogen) atoms. The Morgan fingerprint density at radius 1 is 1.12 bits per heavy atom. The molecule has 0 N–H and O–H groups in total. The summed E-state index contributed by atoms with van der Waals surface area (Å²) in [6.07, 6.45) is 1.79. The van der Waals surface area contributed by atoms with Gasteiger partial charge in [0, 0.05) is 11.8 Å². The van der Waals surface area contributed by atoms with Gasteiger partial charge in [0.05, 0.1) is 0 Å². The van der Waals surface area contributed by atoms with Gasteiger partial charge in [-0.15, -0.1) is 0 Å². The van der Waals surface area contributed by atoms with E-state index in [2.05, 4.69) is 9.97 Å². The summed E-state index contributed by atoms with van der Waals surface area (Å²) in [6, 6.07) is 10.0.